The van der Waals surface area contributed by atoms with Crippen molar-refractivity contribution in [3.8, 4) is 0 Å². The second-order valence-corrected chi connectivity index (χ2v) is 7.20. The molecule has 2 fully saturated rings. The first kappa shape index (κ1) is 12.7. The number of amides is 1. The van der Waals surface area contributed by atoms with Crippen LogP contribution in [0.4, 0.5) is 0 Å². The Morgan fingerprint density at radius 2 is 2.21 bits per heavy atom. The number of aryl methyl sites for hydroxylation is 1. The Bertz CT molecular complexity index is 514. The van der Waals surface area contributed by atoms with Crippen LogP contribution in [0.25, 0.3) is 0 Å². The maximum absolute atomic E-state index is 12.3. The molecule has 0 aliphatic heterocycles. The van der Waals surface area contributed by atoms with Crippen molar-refractivity contribution < 1.29 is 4.79 Å². The number of hydrogen-bond acceptors (Lipinski definition) is 2. The van der Waals surface area contributed by atoms with Crippen LogP contribution in [-0.4, -0.2) is 21.7 Å². The number of nitrogens with one attached hydrogen (secondary N) is 1. The van der Waals surface area contributed by atoms with Crippen LogP contribution >= 0.6 is 0 Å². The summed E-state index contributed by atoms with van der Waals surface area (Å²) in [4.78, 5) is 12.3. The Hall–Kier alpha value is -1.32. The quantitative estimate of drug-likeness (QED) is 0.888. The summed E-state index contributed by atoms with van der Waals surface area (Å²) >= 11 is 0. The van der Waals surface area contributed by atoms with Gasteiger partial charge in [-0.15, -0.1) is 0 Å². The van der Waals surface area contributed by atoms with E-state index in [4.69, 9.17) is 0 Å². The fraction of sp³-hybridized carbons (Fsp3) is 0.733. The summed E-state index contributed by atoms with van der Waals surface area (Å²) in [5, 5.41) is 7.45. The van der Waals surface area contributed by atoms with Crippen LogP contribution in [0.1, 0.15) is 50.5 Å². The maximum Gasteiger partial charge on any atom is 0.272 e. The highest BCUT2D eigenvalue weighted by Crippen LogP contribution is 2.62. The van der Waals surface area contributed by atoms with Gasteiger partial charge in [-0.05, 0) is 42.1 Å². The van der Waals surface area contributed by atoms with Crippen molar-refractivity contribution in [2.75, 3.05) is 0 Å². The summed E-state index contributed by atoms with van der Waals surface area (Å²) in [7, 11) is 1.83. The van der Waals surface area contributed by atoms with Gasteiger partial charge in [0.25, 0.3) is 5.91 Å². The highest BCUT2D eigenvalue weighted by Gasteiger charge is 2.59. The van der Waals surface area contributed by atoms with Crippen LogP contribution in [-0.2, 0) is 7.05 Å². The van der Waals surface area contributed by atoms with Crippen molar-refractivity contribution in [1.29, 1.82) is 0 Å². The molecule has 0 unspecified atom stereocenters. The minimum Gasteiger partial charge on any atom is -0.347 e. The molecule has 1 aromatic rings. The minimum atomic E-state index is -0.0348. The lowest BCUT2D eigenvalue weighted by Crippen LogP contribution is -2.52. The van der Waals surface area contributed by atoms with Crippen LogP contribution < -0.4 is 5.32 Å². The molecule has 2 aliphatic rings. The van der Waals surface area contributed by atoms with Crippen LogP contribution in [0.15, 0.2) is 12.3 Å². The third-order valence-electron chi connectivity index (χ3n) is 5.49. The molecule has 19 heavy (non-hydrogen) atoms. The number of nitrogens with zero attached hydrogens (tertiary/aromatic N) is 2. The van der Waals surface area contributed by atoms with E-state index in [-0.39, 0.29) is 22.8 Å². The van der Waals surface area contributed by atoms with Crippen LogP contribution in [0.3, 0.4) is 0 Å². The fourth-order valence-electron chi connectivity index (χ4n) is 4.40. The molecule has 3 atom stereocenters. The van der Waals surface area contributed by atoms with Crippen molar-refractivity contribution in [3.63, 3.8) is 0 Å². The summed E-state index contributed by atoms with van der Waals surface area (Å²) in [6.45, 7) is 6.92. The lowest BCUT2D eigenvalue weighted by molar-refractivity contribution is 0.0732. The number of hydrogen-bond donors (Lipinski definition) is 1. The van der Waals surface area contributed by atoms with E-state index in [1.54, 1.807) is 10.7 Å². The van der Waals surface area contributed by atoms with Gasteiger partial charge in [0.2, 0.25) is 0 Å². The number of rotatable bonds is 2. The van der Waals surface area contributed by atoms with Crippen molar-refractivity contribution >= 4 is 5.91 Å². The molecule has 0 saturated heterocycles. The predicted octanol–water partition coefficient (Wildman–Crippen LogP) is 2.36. The van der Waals surface area contributed by atoms with Gasteiger partial charge in [-0.2, -0.15) is 5.10 Å². The highest BCUT2D eigenvalue weighted by atomic mass is 16.2. The van der Waals surface area contributed by atoms with E-state index in [1.165, 1.54) is 19.3 Å². The first-order valence-corrected chi connectivity index (χ1v) is 7.13. The summed E-state index contributed by atoms with van der Waals surface area (Å²) in [6.07, 6.45) is 5.59. The molecule has 0 aromatic carbocycles. The SMILES string of the molecule is Cn1ccc(C(=O)N[C@@H]2C(C)(C)[C@@H]3CC[C@]2(C)C3)n1. The molecule has 104 valence electrons. The first-order chi connectivity index (χ1) is 8.83. The number of aromatic nitrogens is 2. The zero-order valence-corrected chi connectivity index (χ0v) is 12.2. The Morgan fingerprint density at radius 1 is 1.47 bits per heavy atom. The van der Waals surface area contributed by atoms with Gasteiger partial charge < -0.3 is 5.32 Å². The van der Waals surface area contributed by atoms with Gasteiger partial charge in [0.15, 0.2) is 0 Å². The second-order valence-electron chi connectivity index (χ2n) is 7.20. The minimum absolute atomic E-state index is 0.0348. The normalized spacial score (nSPS) is 35.6. The fourth-order valence-corrected chi connectivity index (χ4v) is 4.40. The summed E-state index contributed by atoms with van der Waals surface area (Å²) in [5.74, 6) is 0.707. The molecular formula is C15H23N3O. The molecule has 0 radical (unpaired) electrons. The van der Waals surface area contributed by atoms with Gasteiger partial charge in [-0.1, -0.05) is 20.8 Å². The van der Waals surface area contributed by atoms with Crippen LogP contribution in [0.5, 0.6) is 0 Å². The smallest absolute Gasteiger partial charge is 0.272 e. The van der Waals surface area contributed by atoms with Gasteiger partial charge in [0, 0.05) is 19.3 Å². The van der Waals surface area contributed by atoms with Gasteiger partial charge in [-0.25, -0.2) is 0 Å². The average Bonchev–Trinajstić information content (AvgIpc) is 2.96. The maximum atomic E-state index is 12.3. The average molecular weight is 261 g/mol. The van der Waals surface area contributed by atoms with E-state index in [0.717, 1.165) is 5.92 Å². The third kappa shape index (κ3) is 1.80. The Morgan fingerprint density at radius 3 is 2.74 bits per heavy atom. The molecule has 1 N–H and O–H groups in total. The topological polar surface area (TPSA) is 46.9 Å². The van der Waals surface area contributed by atoms with Crippen molar-refractivity contribution in [3.05, 3.63) is 18.0 Å². The molecule has 4 heteroatoms. The lowest BCUT2D eigenvalue weighted by atomic mass is 9.68. The standard InChI is InChI=1S/C15H23N3O/c1-14(2)10-5-7-15(3,9-10)13(14)16-12(19)11-6-8-18(4)17-11/h6,8,10,13H,5,7,9H2,1-4H3,(H,16,19)/t10-,13-,15-/m1/s1. The first-order valence-electron chi connectivity index (χ1n) is 7.13. The second kappa shape index (κ2) is 3.84. The molecular weight excluding hydrogens is 238 g/mol. The number of carbonyl (C=O) groups is 1. The van der Waals surface area contributed by atoms with Crippen LogP contribution in [0, 0.1) is 16.7 Å². The van der Waals surface area contributed by atoms with E-state index < -0.39 is 0 Å². The van der Waals surface area contributed by atoms with E-state index in [2.05, 4.69) is 31.2 Å². The Kier molecular flexibility index (Phi) is 2.57. The molecule has 2 saturated carbocycles. The van der Waals surface area contributed by atoms with Crippen molar-refractivity contribution in [2.45, 2.75) is 46.1 Å². The van der Waals surface area contributed by atoms with Gasteiger partial charge in [0.05, 0.1) is 0 Å². The predicted molar refractivity (Wildman–Crippen MR) is 73.7 cm³/mol. The lowest BCUT2D eigenvalue weighted by Gasteiger charge is -2.42. The summed E-state index contributed by atoms with van der Waals surface area (Å²) in [5.41, 5.74) is 0.973. The van der Waals surface area contributed by atoms with E-state index >= 15 is 0 Å². The summed E-state index contributed by atoms with van der Waals surface area (Å²) < 4.78 is 1.67. The Labute approximate surface area is 114 Å². The molecule has 1 amide bonds. The van der Waals surface area contributed by atoms with Gasteiger partial charge >= 0.3 is 0 Å². The van der Waals surface area contributed by atoms with E-state index in [1.807, 2.05) is 13.2 Å². The highest BCUT2D eigenvalue weighted by molar-refractivity contribution is 5.92. The number of carbonyl (C=O) groups excluding carboxylic acids is 1. The van der Waals surface area contributed by atoms with Crippen LogP contribution in [0.2, 0.25) is 0 Å². The van der Waals surface area contributed by atoms with E-state index in [9.17, 15) is 4.79 Å². The molecule has 1 aromatic heterocycles. The molecule has 3 rings (SSSR count). The molecule has 0 spiro atoms. The molecule has 2 aliphatic carbocycles. The zero-order valence-electron chi connectivity index (χ0n) is 12.2. The summed E-state index contributed by atoms with van der Waals surface area (Å²) in [6, 6.07) is 2.03. The Balaban J connectivity index is 1.81. The zero-order chi connectivity index (χ0) is 13.8. The van der Waals surface area contributed by atoms with E-state index in [0.29, 0.717) is 5.69 Å². The van der Waals surface area contributed by atoms with Gasteiger partial charge in [-0.3, -0.25) is 9.48 Å². The largest absolute Gasteiger partial charge is 0.347 e. The van der Waals surface area contributed by atoms with Gasteiger partial charge in [0.1, 0.15) is 5.69 Å². The molecule has 4 nitrogen and oxygen atoms in total. The van der Waals surface area contributed by atoms with Crippen molar-refractivity contribution in [1.82, 2.24) is 15.1 Å². The van der Waals surface area contributed by atoms with Crippen molar-refractivity contribution in [2.24, 2.45) is 23.8 Å². The monoisotopic (exact) mass is 261 g/mol. The third-order valence-corrected chi connectivity index (χ3v) is 5.49. The molecule has 2 bridgehead atoms. The molecule has 1 heterocycles. The number of fused-ring (bicyclic) bond motifs is 2.